The zero-order valence-electron chi connectivity index (χ0n) is 58.8. The van der Waals surface area contributed by atoms with Crippen molar-refractivity contribution in [1.29, 1.82) is 0 Å². The molecule has 0 aromatic carbocycles. The van der Waals surface area contributed by atoms with Gasteiger partial charge in [-0.2, -0.15) is 0 Å². The predicted molar refractivity (Wildman–Crippen MR) is 363 cm³/mol. The van der Waals surface area contributed by atoms with E-state index in [-0.39, 0.29) is 25.7 Å². The molecular formula is C71H138O17P2. The van der Waals surface area contributed by atoms with Crippen LogP contribution in [0.15, 0.2) is 0 Å². The molecule has 0 saturated carbocycles. The zero-order chi connectivity index (χ0) is 66.8. The Morgan fingerprint density at radius 1 is 0.311 bits per heavy atom. The number of aliphatic hydroxyl groups is 1. The number of hydrogen-bond acceptors (Lipinski definition) is 15. The summed E-state index contributed by atoms with van der Waals surface area (Å²) in [6.45, 7) is 14.1. The van der Waals surface area contributed by atoms with Gasteiger partial charge in [0.25, 0.3) is 0 Å². The molecule has 0 aromatic rings. The Kier molecular flexibility index (Phi) is 59.4. The molecule has 3 N–H and O–H groups in total. The number of esters is 4. The first-order valence-corrected chi connectivity index (χ1v) is 39.7. The van der Waals surface area contributed by atoms with Gasteiger partial charge in [0.15, 0.2) is 12.2 Å². The van der Waals surface area contributed by atoms with Crippen molar-refractivity contribution in [2.45, 2.75) is 369 Å². The monoisotopic (exact) mass is 1320 g/mol. The Labute approximate surface area is 549 Å². The third kappa shape index (κ3) is 63.5. The van der Waals surface area contributed by atoms with Crippen LogP contribution in [0, 0.1) is 23.7 Å². The Balaban J connectivity index is 5.22. The lowest BCUT2D eigenvalue weighted by atomic mass is 10.00. The van der Waals surface area contributed by atoms with Gasteiger partial charge in [-0.25, -0.2) is 9.13 Å². The highest BCUT2D eigenvalue weighted by atomic mass is 31.2. The van der Waals surface area contributed by atoms with Gasteiger partial charge >= 0.3 is 39.5 Å². The quantitative estimate of drug-likeness (QED) is 0.0222. The number of rotatable bonds is 68. The third-order valence-electron chi connectivity index (χ3n) is 16.7. The number of phosphoric acid groups is 2. The molecule has 0 bridgehead atoms. The van der Waals surface area contributed by atoms with Crippen LogP contribution in [0.2, 0.25) is 0 Å². The standard InChI is InChI=1S/C71H138O17P2/c1-9-64(8)50-42-34-28-30-36-44-52-69(74)82-58-67(88-70(75)53-45-37-25-21-17-13-11-10-12-15-19-23-31-39-47-61(2)3)60-86-90(79,80)84-56-65(72)55-83-89(77,78)85-59-66(57-81-68(73)51-43-35-29-27-33-41-49-63(6)7)87-71(76)54-46-38-26-22-18-14-16-20-24-32-40-48-62(4)5/h61-67,72H,9-60H2,1-8H3,(H,77,78)(H,79,80)/t64?,65-,66-,67-/m1/s1. The van der Waals surface area contributed by atoms with E-state index in [0.717, 1.165) is 120 Å². The van der Waals surface area contributed by atoms with Crippen LogP contribution in [0.4, 0.5) is 0 Å². The van der Waals surface area contributed by atoms with Crippen molar-refractivity contribution >= 4 is 39.5 Å². The van der Waals surface area contributed by atoms with Crippen molar-refractivity contribution in [2.24, 2.45) is 23.7 Å². The van der Waals surface area contributed by atoms with Crippen LogP contribution in [-0.4, -0.2) is 96.7 Å². The van der Waals surface area contributed by atoms with Crippen molar-refractivity contribution in [3.8, 4) is 0 Å². The summed E-state index contributed by atoms with van der Waals surface area (Å²) < 4.78 is 68.3. The zero-order valence-corrected chi connectivity index (χ0v) is 60.6. The molecule has 0 aliphatic carbocycles. The smallest absolute Gasteiger partial charge is 0.462 e. The van der Waals surface area contributed by atoms with Crippen LogP contribution in [0.25, 0.3) is 0 Å². The summed E-state index contributed by atoms with van der Waals surface area (Å²) in [4.78, 5) is 72.5. The van der Waals surface area contributed by atoms with Crippen LogP contribution in [0.5, 0.6) is 0 Å². The maximum atomic E-state index is 13.0. The van der Waals surface area contributed by atoms with Crippen LogP contribution < -0.4 is 0 Å². The lowest BCUT2D eigenvalue weighted by Crippen LogP contribution is -2.30. The topological polar surface area (TPSA) is 237 Å². The number of unbranched alkanes of at least 4 members (excludes halogenated alkanes) is 33. The summed E-state index contributed by atoms with van der Waals surface area (Å²) in [6.07, 6.45) is 43.2. The lowest BCUT2D eigenvalue weighted by molar-refractivity contribution is -0.161. The van der Waals surface area contributed by atoms with E-state index in [4.69, 9.17) is 37.0 Å². The van der Waals surface area contributed by atoms with Gasteiger partial charge in [-0.1, -0.05) is 299 Å². The molecule has 0 saturated heterocycles. The number of carbonyl (C=O) groups excluding carboxylic acids is 4. The summed E-state index contributed by atoms with van der Waals surface area (Å²) in [7, 11) is -9.90. The van der Waals surface area contributed by atoms with Crippen molar-refractivity contribution in [2.75, 3.05) is 39.6 Å². The maximum absolute atomic E-state index is 13.0. The molecule has 0 rings (SSSR count). The summed E-state index contributed by atoms with van der Waals surface area (Å²) in [5.74, 6) is 0.840. The molecule has 0 radical (unpaired) electrons. The Hall–Kier alpha value is -1.94. The number of phosphoric ester groups is 2. The highest BCUT2D eigenvalue weighted by molar-refractivity contribution is 7.47. The first-order chi connectivity index (χ1) is 43.1. The average molecular weight is 1330 g/mol. The molecule has 90 heavy (non-hydrogen) atoms. The van der Waals surface area contributed by atoms with Gasteiger partial charge in [0.2, 0.25) is 0 Å². The fourth-order valence-corrected chi connectivity index (χ4v) is 12.2. The molecule has 0 spiro atoms. The fraction of sp³-hybridized carbons (Fsp3) is 0.944. The minimum Gasteiger partial charge on any atom is -0.462 e. The highest BCUT2D eigenvalue weighted by Gasteiger charge is 2.30. The SMILES string of the molecule is CCC(C)CCCCCCCCC(=O)OC[C@H](COP(=O)(O)OC[C@H](O)COP(=O)(O)OC[C@@H](COC(=O)CCCCCCCCC(C)C)OC(=O)CCCCCCCCCCCCCC(C)C)OC(=O)CCCCCCCCCCCCCCCCC(C)C. The Bertz CT molecular complexity index is 1780. The number of aliphatic hydroxyl groups excluding tert-OH is 1. The summed E-state index contributed by atoms with van der Waals surface area (Å²) in [5.41, 5.74) is 0. The molecule has 0 fully saturated rings. The van der Waals surface area contributed by atoms with Gasteiger partial charge < -0.3 is 33.8 Å². The van der Waals surface area contributed by atoms with Crippen LogP contribution in [-0.2, 0) is 65.4 Å². The normalized spacial score (nSPS) is 14.6. The Morgan fingerprint density at radius 3 is 0.789 bits per heavy atom. The van der Waals surface area contributed by atoms with Gasteiger partial charge in [-0.3, -0.25) is 37.3 Å². The minimum absolute atomic E-state index is 0.105. The second-order valence-corrected chi connectivity index (χ2v) is 30.2. The molecule has 0 aliphatic rings. The number of hydrogen-bond donors (Lipinski definition) is 3. The van der Waals surface area contributed by atoms with Crippen molar-refractivity contribution in [1.82, 2.24) is 0 Å². The highest BCUT2D eigenvalue weighted by Crippen LogP contribution is 2.45. The molecular weight excluding hydrogens is 1190 g/mol. The van der Waals surface area contributed by atoms with Crippen molar-refractivity contribution in [3.05, 3.63) is 0 Å². The van der Waals surface area contributed by atoms with Crippen molar-refractivity contribution < 1.29 is 80.2 Å². The largest absolute Gasteiger partial charge is 0.472 e. The lowest BCUT2D eigenvalue weighted by Gasteiger charge is -2.21. The first-order valence-electron chi connectivity index (χ1n) is 36.7. The van der Waals surface area contributed by atoms with E-state index in [1.165, 1.54) is 141 Å². The number of carbonyl (C=O) groups is 4. The van der Waals surface area contributed by atoms with Gasteiger partial charge in [-0.05, 0) is 49.4 Å². The van der Waals surface area contributed by atoms with Gasteiger partial charge in [0, 0.05) is 25.7 Å². The molecule has 0 heterocycles. The van der Waals surface area contributed by atoms with Gasteiger partial charge in [0.1, 0.15) is 19.3 Å². The van der Waals surface area contributed by atoms with Crippen LogP contribution in [0.1, 0.15) is 351 Å². The summed E-state index contributed by atoms with van der Waals surface area (Å²) in [6, 6.07) is 0. The molecule has 0 amide bonds. The van der Waals surface area contributed by atoms with Gasteiger partial charge in [0.05, 0.1) is 26.4 Å². The molecule has 17 nitrogen and oxygen atoms in total. The van der Waals surface area contributed by atoms with E-state index in [0.29, 0.717) is 31.6 Å². The molecule has 534 valence electrons. The molecule has 19 heteroatoms. The average Bonchev–Trinajstić information content (AvgIpc) is 3.49. The molecule has 0 aliphatic heterocycles. The second-order valence-electron chi connectivity index (χ2n) is 27.3. The van der Waals surface area contributed by atoms with Crippen molar-refractivity contribution in [3.63, 3.8) is 0 Å². The van der Waals surface area contributed by atoms with E-state index < -0.39 is 97.5 Å². The van der Waals surface area contributed by atoms with E-state index in [1.807, 2.05) is 0 Å². The predicted octanol–water partition coefficient (Wildman–Crippen LogP) is 20.1. The summed E-state index contributed by atoms with van der Waals surface area (Å²) in [5, 5.41) is 10.6. The third-order valence-corrected chi connectivity index (χ3v) is 18.6. The van der Waals surface area contributed by atoms with E-state index in [2.05, 4.69) is 55.4 Å². The number of ether oxygens (including phenoxy) is 4. The van der Waals surface area contributed by atoms with Crippen LogP contribution in [0.3, 0.4) is 0 Å². The van der Waals surface area contributed by atoms with Gasteiger partial charge in [-0.15, -0.1) is 0 Å². The Morgan fingerprint density at radius 2 is 0.533 bits per heavy atom. The fourth-order valence-electron chi connectivity index (χ4n) is 10.6. The van der Waals surface area contributed by atoms with E-state index in [1.54, 1.807) is 0 Å². The minimum atomic E-state index is -4.95. The first kappa shape index (κ1) is 88.1. The van der Waals surface area contributed by atoms with E-state index >= 15 is 0 Å². The van der Waals surface area contributed by atoms with Crippen LogP contribution >= 0.6 is 15.6 Å². The maximum Gasteiger partial charge on any atom is 0.472 e. The molecule has 6 atom stereocenters. The van der Waals surface area contributed by atoms with E-state index in [9.17, 15) is 43.2 Å². The molecule has 3 unspecified atom stereocenters. The summed E-state index contributed by atoms with van der Waals surface area (Å²) >= 11 is 0. The molecule has 0 aromatic heterocycles. The second kappa shape index (κ2) is 60.7.